The number of methoxy groups -OCH3 is 1. The van der Waals surface area contributed by atoms with E-state index in [1.54, 1.807) is 7.11 Å². The number of rotatable bonds is 9. The van der Waals surface area contributed by atoms with E-state index in [9.17, 15) is 9.59 Å². The molecule has 0 aromatic heterocycles. The Morgan fingerprint density at radius 1 is 1.00 bits per heavy atom. The van der Waals surface area contributed by atoms with Crippen molar-refractivity contribution in [2.75, 3.05) is 38.6 Å². The van der Waals surface area contributed by atoms with E-state index in [0.717, 1.165) is 50.2 Å². The molecule has 4 fully saturated rings. The number of nitrogens with zero attached hydrogens (tertiary/aromatic N) is 1. The number of benzene rings is 1. The smallest absolute Gasteiger partial charge is 0.228 e. The van der Waals surface area contributed by atoms with Gasteiger partial charge in [-0.3, -0.25) is 9.59 Å². The summed E-state index contributed by atoms with van der Waals surface area (Å²) in [4.78, 5) is 29.2. The molecule has 3 saturated carbocycles. The van der Waals surface area contributed by atoms with Crippen LogP contribution in [0.25, 0.3) is 0 Å². The largest absolute Gasteiger partial charge is 0.497 e. The molecule has 0 unspecified atom stereocenters. The lowest BCUT2D eigenvalue weighted by molar-refractivity contribution is -0.134. The molecule has 2 N–H and O–H groups in total. The van der Waals surface area contributed by atoms with Crippen LogP contribution in [0.4, 0.5) is 5.69 Å². The highest BCUT2D eigenvalue weighted by atomic mass is 16.5. The van der Waals surface area contributed by atoms with Gasteiger partial charge >= 0.3 is 0 Å². The normalized spacial score (nSPS) is 29.9. The van der Waals surface area contributed by atoms with Crippen LogP contribution in [0.1, 0.15) is 51.4 Å². The molecule has 3 aliphatic carbocycles. The standard InChI is InChI=1S/C26H37N3O3/c1-32-19-8-6-18(7-9-19)28-25(31)23-21-11-10-20(26(21)12-13-26)22(23)24(30)27-14-2-3-15-29-16-4-5-17-29/h6-9,20-23H,2-5,10-17H2,1H3,(H,27,30)(H,28,31)/t20-,21+,22-,23-/m1/s1. The molecule has 1 saturated heterocycles. The lowest BCUT2D eigenvalue weighted by Crippen LogP contribution is -2.43. The number of carbonyl (C=O) groups excluding carboxylic acids is 2. The second kappa shape index (κ2) is 9.05. The van der Waals surface area contributed by atoms with Crippen molar-refractivity contribution in [1.82, 2.24) is 10.2 Å². The van der Waals surface area contributed by atoms with Gasteiger partial charge in [0.15, 0.2) is 0 Å². The first-order valence-electron chi connectivity index (χ1n) is 12.6. The van der Waals surface area contributed by atoms with Crippen molar-refractivity contribution in [1.29, 1.82) is 0 Å². The third-order valence-electron chi connectivity index (χ3n) is 8.71. The van der Waals surface area contributed by atoms with E-state index >= 15 is 0 Å². The Morgan fingerprint density at radius 3 is 2.28 bits per heavy atom. The molecule has 2 amide bonds. The summed E-state index contributed by atoms with van der Waals surface area (Å²) in [5.74, 6) is 1.25. The molecule has 2 bridgehead atoms. The zero-order valence-corrected chi connectivity index (χ0v) is 19.3. The first-order valence-corrected chi connectivity index (χ1v) is 12.6. The molecule has 1 aromatic carbocycles. The van der Waals surface area contributed by atoms with Crippen molar-refractivity contribution in [3.63, 3.8) is 0 Å². The fourth-order valence-corrected chi connectivity index (χ4v) is 7.06. The van der Waals surface area contributed by atoms with Crippen LogP contribution in [0.2, 0.25) is 0 Å². The number of nitrogens with one attached hydrogen (secondary N) is 2. The number of likely N-dealkylation sites (tertiary alicyclic amines) is 1. The quantitative estimate of drug-likeness (QED) is 0.576. The summed E-state index contributed by atoms with van der Waals surface area (Å²) in [6.45, 7) is 4.32. The van der Waals surface area contributed by atoms with Crippen LogP contribution in [-0.2, 0) is 9.59 Å². The van der Waals surface area contributed by atoms with Gasteiger partial charge < -0.3 is 20.3 Å². The predicted molar refractivity (Wildman–Crippen MR) is 124 cm³/mol. The van der Waals surface area contributed by atoms with Crippen molar-refractivity contribution >= 4 is 17.5 Å². The lowest BCUT2D eigenvalue weighted by Gasteiger charge is -2.29. The van der Waals surface area contributed by atoms with Crippen LogP contribution in [0.5, 0.6) is 5.75 Å². The molecule has 174 valence electrons. The number of anilines is 1. The molecule has 32 heavy (non-hydrogen) atoms. The van der Waals surface area contributed by atoms with Gasteiger partial charge in [-0.1, -0.05) is 0 Å². The number of hydrogen-bond donors (Lipinski definition) is 2. The summed E-state index contributed by atoms with van der Waals surface area (Å²) in [5, 5.41) is 6.31. The zero-order chi connectivity index (χ0) is 22.1. The van der Waals surface area contributed by atoms with E-state index in [-0.39, 0.29) is 29.1 Å². The van der Waals surface area contributed by atoms with Gasteiger partial charge in [0.1, 0.15) is 5.75 Å². The number of unbranched alkanes of at least 4 members (excludes halogenated alkanes) is 1. The first-order chi connectivity index (χ1) is 15.6. The summed E-state index contributed by atoms with van der Waals surface area (Å²) in [6, 6.07) is 7.44. The van der Waals surface area contributed by atoms with Gasteiger partial charge in [0.2, 0.25) is 11.8 Å². The van der Waals surface area contributed by atoms with Gasteiger partial charge in [0.05, 0.1) is 18.9 Å². The highest BCUT2D eigenvalue weighted by Gasteiger charge is 2.71. The van der Waals surface area contributed by atoms with E-state index in [1.165, 1.54) is 38.8 Å². The van der Waals surface area contributed by atoms with Crippen LogP contribution >= 0.6 is 0 Å². The molecule has 6 heteroatoms. The first kappa shape index (κ1) is 21.7. The van der Waals surface area contributed by atoms with E-state index in [2.05, 4.69) is 15.5 Å². The maximum absolute atomic E-state index is 13.4. The minimum atomic E-state index is -0.206. The average Bonchev–Trinajstić information content (AvgIpc) is 3.16. The van der Waals surface area contributed by atoms with Gasteiger partial charge in [-0.2, -0.15) is 0 Å². The second-order valence-electron chi connectivity index (χ2n) is 10.3. The summed E-state index contributed by atoms with van der Waals surface area (Å²) >= 11 is 0. The molecule has 5 rings (SSSR count). The Balaban J connectivity index is 1.19. The highest BCUT2D eigenvalue weighted by molar-refractivity contribution is 5.97. The summed E-state index contributed by atoms with van der Waals surface area (Å²) in [5.41, 5.74) is 1.03. The molecule has 0 radical (unpaired) electrons. The van der Waals surface area contributed by atoms with Crippen LogP contribution in [0.3, 0.4) is 0 Å². The Bertz CT molecular complexity index is 829. The van der Waals surface area contributed by atoms with E-state index < -0.39 is 0 Å². The van der Waals surface area contributed by atoms with E-state index in [4.69, 9.17) is 4.74 Å². The van der Waals surface area contributed by atoms with Crippen molar-refractivity contribution in [2.24, 2.45) is 29.1 Å². The Morgan fingerprint density at radius 2 is 1.66 bits per heavy atom. The van der Waals surface area contributed by atoms with Crippen molar-refractivity contribution in [2.45, 2.75) is 51.4 Å². The van der Waals surface area contributed by atoms with Crippen LogP contribution in [0, 0.1) is 29.1 Å². The summed E-state index contributed by atoms with van der Waals surface area (Å²) < 4.78 is 5.21. The number of ether oxygens (including phenoxy) is 1. The zero-order valence-electron chi connectivity index (χ0n) is 19.3. The number of hydrogen-bond acceptors (Lipinski definition) is 4. The fourth-order valence-electron chi connectivity index (χ4n) is 7.06. The average molecular weight is 440 g/mol. The van der Waals surface area contributed by atoms with Gasteiger partial charge in [-0.25, -0.2) is 0 Å². The molecular formula is C26H37N3O3. The Kier molecular flexibility index (Phi) is 6.15. The van der Waals surface area contributed by atoms with Gasteiger partial charge in [0.25, 0.3) is 0 Å². The van der Waals surface area contributed by atoms with Gasteiger partial charge in [-0.15, -0.1) is 0 Å². The molecule has 1 aliphatic heterocycles. The van der Waals surface area contributed by atoms with Crippen molar-refractivity contribution in [3.05, 3.63) is 24.3 Å². The monoisotopic (exact) mass is 439 g/mol. The molecule has 1 spiro atoms. The SMILES string of the molecule is COc1ccc(NC(=O)[C@H]2[C@H](C(=O)NCCCCN3CCCC3)[C@H]3CC[C@@H]2C32CC2)cc1. The summed E-state index contributed by atoms with van der Waals surface area (Å²) in [7, 11) is 1.63. The number of amides is 2. The topological polar surface area (TPSA) is 70.7 Å². The van der Waals surface area contributed by atoms with E-state index in [0.29, 0.717) is 11.8 Å². The lowest BCUT2D eigenvalue weighted by atomic mass is 9.78. The minimum Gasteiger partial charge on any atom is -0.497 e. The van der Waals surface area contributed by atoms with Crippen molar-refractivity contribution in [3.8, 4) is 5.75 Å². The third kappa shape index (κ3) is 4.02. The Labute approximate surface area is 191 Å². The highest BCUT2D eigenvalue weighted by Crippen LogP contribution is 2.74. The van der Waals surface area contributed by atoms with Crippen LogP contribution in [0.15, 0.2) is 24.3 Å². The third-order valence-corrected chi connectivity index (χ3v) is 8.71. The molecule has 1 heterocycles. The van der Waals surface area contributed by atoms with Gasteiger partial charge in [0, 0.05) is 12.2 Å². The predicted octanol–water partition coefficient (Wildman–Crippen LogP) is 3.68. The molecular weight excluding hydrogens is 402 g/mol. The van der Waals surface area contributed by atoms with Crippen molar-refractivity contribution < 1.29 is 14.3 Å². The minimum absolute atomic E-state index is 0.0165. The molecule has 4 atom stereocenters. The molecule has 4 aliphatic rings. The van der Waals surface area contributed by atoms with Crippen LogP contribution < -0.4 is 15.4 Å². The molecule has 1 aromatic rings. The van der Waals surface area contributed by atoms with Gasteiger partial charge in [-0.05, 0) is 113 Å². The fraction of sp³-hybridized carbons (Fsp3) is 0.692. The van der Waals surface area contributed by atoms with E-state index in [1.807, 2.05) is 24.3 Å². The summed E-state index contributed by atoms with van der Waals surface area (Å²) in [6.07, 6.45) is 9.35. The van der Waals surface area contributed by atoms with Crippen LogP contribution in [-0.4, -0.2) is 50.0 Å². The maximum atomic E-state index is 13.4. The molecule has 6 nitrogen and oxygen atoms in total. The Hall–Kier alpha value is -2.08. The second-order valence-corrected chi connectivity index (χ2v) is 10.3. The number of carbonyl (C=O) groups is 2. The maximum Gasteiger partial charge on any atom is 0.228 e.